The van der Waals surface area contributed by atoms with Gasteiger partial charge in [-0.2, -0.15) is 0 Å². The Kier molecular flexibility index (Phi) is 6.20. The van der Waals surface area contributed by atoms with Gasteiger partial charge in [0.05, 0.1) is 6.61 Å². The van der Waals surface area contributed by atoms with Gasteiger partial charge in [0.25, 0.3) is 0 Å². The average molecular weight is 293 g/mol. The Morgan fingerprint density at radius 2 is 1.95 bits per heavy atom. The highest BCUT2D eigenvalue weighted by Gasteiger charge is 2.27. The van der Waals surface area contributed by atoms with Crippen LogP contribution in [0, 0.1) is 0 Å². The van der Waals surface area contributed by atoms with Crippen molar-refractivity contribution in [3.63, 3.8) is 0 Å². The highest BCUT2D eigenvalue weighted by atomic mass is 16.5. The number of nitrogens with one attached hydrogen (secondary N) is 2. The zero-order valence-corrected chi connectivity index (χ0v) is 13.4. The molecule has 0 bridgehead atoms. The lowest BCUT2D eigenvalue weighted by molar-refractivity contribution is 0.163. The molecule has 21 heavy (non-hydrogen) atoms. The second-order valence-electron chi connectivity index (χ2n) is 5.52. The fourth-order valence-electron chi connectivity index (χ4n) is 2.09. The maximum atomic E-state index is 5.08. The molecule has 0 unspecified atom stereocenters. The first-order chi connectivity index (χ1) is 10.2. The minimum Gasteiger partial charge on any atom is -0.383 e. The summed E-state index contributed by atoms with van der Waals surface area (Å²) in [5.41, 5.74) is 0. The summed E-state index contributed by atoms with van der Waals surface area (Å²) in [5, 5.41) is 6.68. The summed E-state index contributed by atoms with van der Waals surface area (Å²) in [4.78, 5) is 11.5. The smallest absolute Gasteiger partial charge is 0.136 e. The number of anilines is 2. The Morgan fingerprint density at radius 1 is 1.24 bits per heavy atom. The highest BCUT2D eigenvalue weighted by molar-refractivity contribution is 5.48. The molecule has 2 rings (SSSR count). The normalized spacial score (nSPS) is 14.5. The molecule has 6 nitrogen and oxygen atoms in total. The third-order valence-corrected chi connectivity index (χ3v) is 3.52. The molecular formula is C15H27N5O. The monoisotopic (exact) mass is 293 g/mol. The lowest BCUT2D eigenvalue weighted by atomic mass is 10.3. The number of aromatic nitrogens is 2. The SMILES string of the molecule is CCNc1cc(NCCN(C)CCOC)nc(C2CC2)n1. The van der Waals surface area contributed by atoms with Crippen molar-refractivity contribution in [2.75, 3.05) is 57.6 Å². The second kappa shape index (κ2) is 8.14. The average Bonchev–Trinajstić information content (AvgIpc) is 3.30. The second-order valence-corrected chi connectivity index (χ2v) is 5.52. The van der Waals surface area contributed by atoms with Gasteiger partial charge in [-0.3, -0.25) is 0 Å². The number of likely N-dealkylation sites (N-methyl/N-ethyl adjacent to an activating group) is 1. The third kappa shape index (κ3) is 5.47. The van der Waals surface area contributed by atoms with Crippen LogP contribution in [-0.2, 0) is 4.74 Å². The van der Waals surface area contributed by atoms with Gasteiger partial charge in [-0.25, -0.2) is 9.97 Å². The maximum Gasteiger partial charge on any atom is 0.136 e. The zero-order valence-electron chi connectivity index (χ0n) is 13.4. The molecule has 0 radical (unpaired) electrons. The molecule has 118 valence electrons. The van der Waals surface area contributed by atoms with E-state index in [1.165, 1.54) is 12.8 Å². The minimum atomic E-state index is 0.563. The standard InChI is InChI=1S/C15H27N5O/c1-4-16-13-11-14(19-15(18-13)12-5-6-12)17-7-8-20(2)9-10-21-3/h11-12H,4-10H2,1-3H3,(H2,16,17,18,19). The van der Waals surface area contributed by atoms with Crippen LogP contribution >= 0.6 is 0 Å². The van der Waals surface area contributed by atoms with Crippen LogP contribution in [-0.4, -0.2) is 61.8 Å². The number of hydrogen-bond acceptors (Lipinski definition) is 6. The highest BCUT2D eigenvalue weighted by Crippen LogP contribution is 2.38. The zero-order chi connectivity index (χ0) is 15.1. The molecule has 1 heterocycles. The van der Waals surface area contributed by atoms with Gasteiger partial charge in [0, 0.05) is 45.3 Å². The Labute approximate surface area is 127 Å². The van der Waals surface area contributed by atoms with Crippen molar-refractivity contribution in [3.8, 4) is 0 Å². The first-order valence-corrected chi connectivity index (χ1v) is 7.77. The predicted molar refractivity (Wildman–Crippen MR) is 86.0 cm³/mol. The predicted octanol–water partition coefficient (Wildman–Crippen LogP) is 1.78. The van der Waals surface area contributed by atoms with Crippen molar-refractivity contribution >= 4 is 11.6 Å². The molecule has 2 N–H and O–H groups in total. The van der Waals surface area contributed by atoms with Crippen molar-refractivity contribution in [3.05, 3.63) is 11.9 Å². The molecule has 0 saturated heterocycles. The van der Waals surface area contributed by atoms with Crippen LogP contribution in [0.15, 0.2) is 6.07 Å². The van der Waals surface area contributed by atoms with E-state index in [0.29, 0.717) is 5.92 Å². The van der Waals surface area contributed by atoms with E-state index in [9.17, 15) is 0 Å². The summed E-state index contributed by atoms with van der Waals surface area (Å²) < 4.78 is 5.08. The third-order valence-electron chi connectivity index (χ3n) is 3.52. The fourth-order valence-corrected chi connectivity index (χ4v) is 2.09. The summed E-state index contributed by atoms with van der Waals surface area (Å²) in [6.45, 7) is 6.49. The molecule has 0 aromatic carbocycles. The van der Waals surface area contributed by atoms with E-state index in [-0.39, 0.29) is 0 Å². The van der Waals surface area contributed by atoms with Gasteiger partial charge in [-0.15, -0.1) is 0 Å². The molecule has 0 atom stereocenters. The van der Waals surface area contributed by atoms with Crippen LogP contribution in [0.2, 0.25) is 0 Å². The number of ether oxygens (including phenoxy) is 1. The topological polar surface area (TPSA) is 62.3 Å². The number of nitrogens with zero attached hydrogens (tertiary/aromatic N) is 3. The fraction of sp³-hybridized carbons (Fsp3) is 0.733. The molecule has 1 saturated carbocycles. The first kappa shape index (κ1) is 16.0. The first-order valence-electron chi connectivity index (χ1n) is 7.77. The van der Waals surface area contributed by atoms with Crippen molar-refractivity contribution in [2.45, 2.75) is 25.7 Å². The quantitative estimate of drug-likeness (QED) is 0.685. The Morgan fingerprint density at radius 3 is 2.57 bits per heavy atom. The summed E-state index contributed by atoms with van der Waals surface area (Å²) in [7, 11) is 3.83. The van der Waals surface area contributed by atoms with E-state index < -0.39 is 0 Å². The van der Waals surface area contributed by atoms with Crippen molar-refractivity contribution in [1.29, 1.82) is 0 Å². The molecule has 0 aliphatic heterocycles. The molecule has 0 amide bonds. The van der Waals surface area contributed by atoms with E-state index >= 15 is 0 Å². The summed E-state index contributed by atoms with van der Waals surface area (Å²) in [5.74, 6) is 3.38. The van der Waals surface area contributed by atoms with Crippen molar-refractivity contribution in [2.24, 2.45) is 0 Å². The van der Waals surface area contributed by atoms with Gasteiger partial charge in [0.15, 0.2) is 0 Å². The number of hydrogen-bond donors (Lipinski definition) is 2. The van der Waals surface area contributed by atoms with E-state index in [2.05, 4.69) is 39.5 Å². The Hall–Kier alpha value is -1.40. The van der Waals surface area contributed by atoms with Crippen LogP contribution in [0.1, 0.15) is 31.5 Å². The molecule has 1 fully saturated rings. The van der Waals surface area contributed by atoms with Crippen LogP contribution in [0.4, 0.5) is 11.6 Å². The van der Waals surface area contributed by atoms with Crippen LogP contribution < -0.4 is 10.6 Å². The van der Waals surface area contributed by atoms with Gasteiger partial charge in [-0.05, 0) is 26.8 Å². The molecule has 1 aromatic heterocycles. The van der Waals surface area contributed by atoms with Gasteiger partial charge in [-0.1, -0.05) is 0 Å². The lowest BCUT2D eigenvalue weighted by Gasteiger charge is -2.17. The Bertz CT molecular complexity index is 436. The summed E-state index contributed by atoms with van der Waals surface area (Å²) in [6, 6.07) is 1.99. The summed E-state index contributed by atoms with van der Waals surface area (Å²) in [6.07, 6.45) is 2.43. The molecular weight excluding hydrogens is 266 g/mol. The number of methoxy groups -OCH3 is 1. The number of rotatable bonds is 10. The molecule has 1 aliphatic carbocycles. The van der Waals surface area contributed by atoms with Crippen LogP contribution in [0.3, 0.4) is 0 Å². The maximum absolute atomic E-state index is 5.08. The lowest BCUT2D eigenvalue weighted by Crippen LogP contribution is -2.28. The largest absolute Gasteiger partial charge is 0.383 e. The van der Waals surface area contributed by atoms with E-state index in [1.807, 2.05) is 6.07 Å². The molecule has 1 aromatic rings. The van der Waals surface area contributed by atoms with Gasteiger partial charge in [0.2, 0.25) is 0 Å². The molecule has 6 heteroatoms. The molecule has 0 spiro atoms. The van der Waals surface area contributed by atoms with Gasteiger partial charge in [0.1, 0.15) is 17.5 Å². The van der Waals surface area contributed by atoms with Crippen LogP contribution in [0.25, 0.3) is 0 Å². The van der Waals surface area contributed by atoms with Gasteiger partial charge >= 0.3 is 0 Å². The van der Waals surface area contributed by atoms with E-state index in [0.717, 1.165) is 50.2 Å². The van der Waals surface area contributed by atoms with E-state index in [4.69, 9.17) is 4.74 Å². The van der Waals surface area contributed by atoms with Crippen molar-refractivity contribution in [1.82, 2.24) is 14.9 Å². The van der Waals surface area contributed by atoms with E-state index in [1.54, 1.807) is 7.11 Å². The van der Waals surface area contributed by atoms with Crippen LogP contribution in [0.5, 0.6) is 0 Å². The van der Waals surface area contributed by atoms with Gasteiger partial charge < -0.3 is 20.3 Å². The molecule has 1 aliphatic rings. The Balaban J connectivity index is 1.86. The minimum absolute atomic E-state index is 0.563. The summed E-state index contributed by atoms with van der Waals surface area (Å²) >= 11 is 0. The van der Waals surface area contributed by atoms with Crippen molar-refractivity contribution < 1.29 is 4.74 Å².